The van der Waals surface area contributed by atoms with Gasteiger partial charge in [-0.25, -0.2) is 0 Å². The molecule has 3 N–H and O–H groups in total. The van der Waals surface area contributed by atoms with Gasteiger partial charge in [-0.1, -0.05) is 23.7 Å². The molecule has 1 unspecified atom stereocenters. The van der Waals surface area contributed by atoms with Gasteiger partial charge in [0.05, 0.1) is 13.2 Å². The summed E-state index contributed by atoms with van der Waals surface area (Å²) in [6.45, 7) is 1.23. The molecule has 0 aromatic heterocycles. The maximum Gasteiger partial charge on any atom is 0.239 e. The summed E-state index contributed by atoms with van der Waals surface area (Å²) in [5.41, 5.74) is 6.65. The van der Waals surface area contributed by atoms with Gasteiger partial charge in [-0.15, -0.1) is 11.8 Å². The number of amides is 1. The van der Waals surface area contributed by atoms with E-state index in [0.29, 0.717) is 13.2 Å². The van der Waals surface area contributed by atoms with Crippen molar-refractivity contribution in [3.63, 3.8) is 0 Å². The zero-order chi connectivity index (χ0) is 18.8. The monoisotopic (exact) mass is 394 g/mol. The van der Waals surface area contributed by atoms with E-state index in [1.165, 1.54) is 7.11 Å². The molecule has 26 heavy (non-hydrogen) atoms. The van der Waals surface area contributed by atoms with Crippen LogP contribution < -0.4 is 15.8 Å². The van der Waals surface area contributed by atoms with Crippen LogP contribution in [0.2, 0.25) is 5.02 Å². The van der Waals surface area contributed by atoms with Crippen molar-refractivity contribution < 1.29 is 14.3 Å². The van der Waals surface area contributed by atoms with Crippen LogP contribution in [-0.2, 0) is 16.1 Å². The van der Waals surface area contributed by atoms with Gasteiger partial charge in [0.2, 0.25) is 5.91 Å². The van der Waals surface area contributed by atoms with Crippen LogP contribution in [0.1, 0.15) is 5.56 Å². The molecule has 5 nitrogen and oxygen atoms in total. The highest BCUT2D eigenvalue weighted by atomic mass is 35.5. The Hall–Kier alpha value is -1.73. The molecule has 0 spiro atoms. The molecule has 0 heterocycles. The number of hydrogen-bond donors (Lipinski definition) is 2. The van der Waals surface area contributed by atoms with Crippen LogP contribution in [0.4, 0.5) is 0 Å². The van der Waals surface area contributed by atoms with Crippen LogP contribution >= 0.6 is 23.4 Å². The van der Waals surface area contributed by atoms with Gasteiger partial charge in [-0.3, -0.25) is 4.79 Å². The number of carbonyl (C=O) groups is 1. The summed E-state index contributed by atoms with van der Waals surface area (Å²) in [5, 5.41) is 3.52. The van der Waals surface area contributed by atoms with Crippen LogP contribution in [0.15, 0.2) is 53.4 Å². The summed E-state index contributed by atoms with van der Waals surface area (Å²) in [4.78, 5) is 12.9. The van der Waals surface area contributed by atoms with E-state index in [0.717, 1.165) is 27.0 Å². The Morgan fingerprint density at radius 2 is 1.88 bits per heavy atom. The molecule has 0 fully saturated rings. The number of nitrogens with two attached hydrogens (primary N) is 1. The van der Waals surface area contributed by atoms with E-state index in [2.05, 4.69) is 5.32 Å². The smallest absolute Gasteiger partial charge is 0.239 e. The fourth-order valence-corrected chi connectivity index (χ4v) is 2.99. The highest BCUT2D eigenvalue weighted by Crippen LogP contribution is 2.20. The Kier molecular flexibility index (Phi) is 8.77. The SMILES string of the molecule is COCC(N)C(=O)NCc1ccc(OCCSc2ccc(Cl)cc2)cc1. The van der Waals surface area contributed by atoms with Crippen LogP contribution in [0.5, 0.6) is 5.75 Å². The summed E-state index contributed by atoms with van der Waals surface area (Å²) >= 11 is 7.58. The zero-order valence-corrected chi connectivity index (χ0v) is 16.2. The molecule has 0 radical (unpaired) electrons. The number of halogens is 1. The molecule has 2 aromatic rings. The topological polar surface area (TPSA) is 73.6 Å². The van der Waals surface area contributed by atoms with Crippen LogP contribution in [0.25, 0.3) is 0 Å². The Morgan fingerprint density at radius 3 is 2.54 bits per heavy atom. The molecule has 1 amide bonds. The Labute approximate surface area is 163 Å². The number of methoxy groups -OCH3 is 1. The molecule has 0 saturated carbocycles. The van der Waals surface area contributed by atoms with Crippen LogP contribution in [-0.4, -0.2) is 38.0 Å². The van der Waals surface area contributed by atoms with E-state index in [1.54, 1.807) is 11.8 Å². The number of rotatable bonds is 10. The lowest BCUT2D eigenvalue weighted by atomic mass is 10.2. The standard InChI is InChI=1S/C19H23ClN2O3S/c1-24-13-18(21)19(23)22-12-14-2-6-16(7-3-14)25-10-11-26-17-8-4-15(20)5-9-17/h2-9,18H,10-13,21H2,1H3,(H,22,23). The van der Waals surface area contributed by atoms with Gasteiger partial charge in [0.15, 0.2) is 0 Å². The number of thioether (sulfide) groups is 1. The second-order valence-electron chi connectivity index (χ2n) is 5.57. The lowest BCUT2D eigenvalue weighted by molar-refractivity contribution is -0.123. The van der Waals surface area contributed by atoms with Gasteiger partial charge in [-0.2, -0.15) is 0 Å². The average molecular weight is 395 g/mol. The van der Waals surface area contributed by atoms with Crippen molar-refractivity contribution in [3.8, 4) is 5.75 Å². The van der Waals surface area contributed by atoms with Crippen molar-refractivity contribution in [3.05, 3.63) is 59.1 Å². The summed E-state index contributed by atoms with van der Waals surface area (Å²) in [6.07, 6.45) is 0. The highest BCUT2D eigenvalue weighted by molar-refractivity contribution is 7.99. The van der Waals surface area contributed by atoms with Crippen molar-refractivity contribution >= 4 is 29.3 Å². The second kappa shape index (κ2) is 11.1. The minimum Gasteiger partial charge on any atom is -0.493 e. The predicted octanol–water partition coefficient (Wildman–Crippen LogP) is 3.10. The summed E-state index contributed by atoms with van der Waals surface area (Å²) < 4.78 is 10.6. The Balaban J connectivity index is 1.68. The van der Waals surface area contributed by atoms with Gasteiger partial charge in [-0.05, 0) is 42.0 Å². The van der Waals surface area contributed by atoms with Gasteiger partial charge in [0.1, 0.15) is 11.8 Å². The van der Waals surface area contributed by atoms with Crippen molar-refractivity contribution in [2.24, 2.45) is 5.73 Å². The average Bonchev–Trinajstić information content (AvgIpc) is 2.66. The number of ether oxygens (including phenoxy) is 2. The van der Waals surface area contributed by atoms with Gasteiger partial charge < -0.3 is 20.5 Å². The van der Waals surface area contributed by atoms with E-state index in [4.69, 9.17) is 26.8 Å². The maximum absolute atomic E-state index is 11.7. The third-order valence-electron chi connectivity index (χ3n) is 3.51. The van der Waals surface area contributed by atoms with Crippen LogP contribution in [0, 0.1) is 0 Å². The quantitative estimate of drug-likeness (QED) is 0.478. The molecule has 0 bridgehead atoms. The first-order chi connectivity index (χ1) is 12.6. The third-order valence-corrected chi connectivity index (χ3v) is 4.74. The molecular weight excluding hydrogens is 372 g/mol. The van der Waals surface area contributed by atoms with E-state index in [9.17, 15) is 4.79 Å². The number of hydrogen-bond acceptors (Lipinski definition) is 5. The minimum absolute atomic E-state index is 0.201. The largest absolute Gasteiger partial charge is 0.493 e. The van der Waals surface area contributed by atoms with Gasteiger partial charge in [0, 0.05) is 29.3 Å². The van der Waals surface area contributed by atoms with Gasteiger partial charge >= 0.3 is 0 Å². The lowest BCUT2D eigenvalue weighted by Crippen LogP contribution is -2.43. The first-order valence-electron chi connectivity index (χ1n) is 8.21. The molecule has 2 rings (SSSR count). The number of carbonyl (C=O) groups excluding carboxylic acids is 1. The molecule has 2 aromatic carbocycles. The van der Waals surface area contributed by atoms with Crippen molar-refractivity contribution in [2.45, 2.75) is 17.5 Å². The van der Waals surface area contributed by atoms with Crippen LogP contribution in [0.3, 0.4) is 0 Å². The lowest BCUT2D eigenvalue weighted by Gasteiger charge is -2.11. The van der Waals surface area contributed by atoms with E-state index in [-0.39, 0.29) is 12.5 Å². The highest BCUT2D eigenvalue weighted by Gasteiger charge is 2.12. The van der Waals surface area contributed by atoms with Gasteiger partial charge in [0.25, 0.3) is 0 Å². The Bertz CT molecular complexity index is 680. The second-order valence-corrected chi connectivity index (χ2v) is 7.18. The molecule has 7 heteroatoms. The fourth-order valence-electron chi connectivity index (χ4n) is 2.13. The summed E-state index contributed by atoms with van der Waals surface area (Å²) in [5.74, 6) is 1.41. The first-order valence-corrected chi connectivity index (χ1v) is 9.57. The van der Waals surface area contributed by atoms with E-state index >= 15 is 0 Å². The predicted molar refractivity (Wildman–Crippen MR) is 106 cm³/mol. The van der Waals surface area contributed by atoms with Crippen molar-refractivity contribution in [2.75, 3.05) is 26.1 Å². The normalized spacial score (nSPS) is 11.8. The molecule has 1 atom stereocenters. The van der Waals surface area contributed by atoms with Crippen molar-refractivity contribution in [1.29, 1.82) is 0 Å². The number of nitrogens with one attached hydrogen (secondary N) is 1. The van der Waals surface area contributed by atoms with E-state index < -0.39 is 6.04 Å². The maximum atomic E-state index is 11.7. The van der Waals surface area contributed by atoms with Crippen molar-refractivity contribution in [1.82, 2.24) is 5.32 Å². The fraction of sp³-hybridized carbons (Fsp3) is 0.316. The number of benzene rings is 2. The molecule has 0 aliphatic carbocycles. The molecule has 140 valence electrons. The molecular formula is C19H23ClN2O3S. The Morgan fingerprint density at radius 1 is 1.19 bits per heavy atom. The first kappa shape index (κ1) is 20.6. The summed E-state index contributed by atoms with van der Waals surface area (Å²) in [7, 11) is 1.51. The van der Waals surface area contributed by atoms with E-state index in [1.807, 2.05) is 48.5 Å². The zero-order valence-electron chi connectivity index (χ0n) is 14.6. The molecule has 0 saturated heterocycles. The molecule has 0 aliphatic rings. The molecule has 0 aliphatic heterocycles. The minimum atomic E-state index is -0.652. The summed E-state index contributed by atoms with van der Waals surface area (Å²) in [6, 6.07) is 14.7. The third kappa shape index (κ3) is 7.25.